The molecule has 2 aromatic heterocycles. The van der Waals surface area contributed by atoms with E-state index in [0.29, 0.717) is 86.8 Å². The second-order valence-electron chi connectivity index (χ2n) is 14.3. The second kappa shape index (κ2) is 24.9. The van der Waals surface area contributed by atoms with Crippen molar-refractivity contribution in [2.24, 2.45) is 10.3 Å². The Bertz CT molecular complexity index is 2410. The number of aryl methyl sites for hydroxylation is 2. The fraction of sp³-hybridized carbons (Fsp3) is 0.306. The standard InChI is InChI=1S/C25H28N2O5.C24H26N2O5/c1-3-13-31-27-21(17-24(28)29)15-19-8-7-11-22(16-19)30-14-12-23-18(2)32-25(26-23)20-9-5-4-6-10-20;1-3-30-26-20(16-23(27)28)14-18-8-7-11-21(15-18)29-13-12-22-17(2)31-24(25-22)19-9-5-4-6-10-19/h4-11,16H,3,12-15,17H2,1-2H3,(H,28,29);4-11,15H,3,12-14,16H2,1-2H3,(H,27,28). The third-order valence-corrected chi connectivity index (χ3v) is 9.18. The van der Waals surface area contributed by atoms with Gasteiger partial charge in [-0.05, 0) is 86.8 Å². The van der Waals surface area contributed by atoms with Crippen molar-refractivity contribution in [3.8, 4) is 34.4 Å². The average molecular weight is 859 g/mol. The molecule has 0 aliphatic carbocycles. The van der Waals surface area contributed by atoms with Gasteiger partial charge in [0.2, 0.25) is 11.8 Å². The summed E-state index contributed by atoms with van der Waals surface area (Å²) in [6.07, 6.45) is 2.48. The van der Waals surface area contributed by atoms with Crippen LogP contribution in [0, 0.1) is 13.8 Å². The van der Waals surface area contributed by atoms with Crippen molar-refractivity contribution in [1.29, 1.82) is 0 Å². The van der Waals surface area contributed by atoms with Crippen molar-refractivity contribution in [1.82, 2.24) is 9.97 Å². The van der Waals surface area contributed by atoms with Crippen molar-refractivity contribution < 1.29 is 47.8 Å². The van der Waals surface area contributed by atoms with Crippen LogP contribution in [0.25, 0.3) is 22.9 Å². The van der Waals surface area contributed by atoms with E-state index in [1.165, 1.54) is 0 Å². The highest BCUT2D eigenvalue weighted by Gasteiger charge is 2.14. The van der Waals surface area contributed by atoms with E-state index >= 15 is 0 Å². The molecule has 0 saturated heterocycles. The fourth-order valence-corrected chi connectivity index (χ4v) is 6.21. The lowest BCUT2D eigenvalue weighted by Gasteiger charge is -2.09. The van der Waals surface area contributed by atoms with Crippen LogP contribution >= 0.6 is 0 Å². The molecule has 14 heteroatoms. The van der Waals surface area contributed by atoms with E-state index in [-0.39, 0.29) is 12.8 Å². The summed E-state index contributed by atoms with van der Waals surface area (Å²) in [7, 11) is 0. The van der Waals surface area contributed by atoms with Gasteiger partial charge in [0.15, 0.2) is 0 Å². The number of oxazole rings is 2. The van der Waals surface area contributed by atoms with Gasteiger partial charge in [-0.25, -0.2) is 9.97 Å². The second-order valence-corrected chi connectivity index (χ2v) is 14.3. The number of ether oxygens (including phenoxy) is 2. The van der Waals surface area contributed by atoms with Crippen LogP contribution in [0.2, 0.25) is 0 Å². The van der Waals surface area contributed by atoms with E-state index in [0.717, 1.165) is 51.6 Å². The van der Waals surface area contributed by atoms with Crippen LogP contribution in [0.15, 0.2) is 128 Å². The van der Waals surface area contributed by atoms with Gasteiger partial charge in [-0.15, -0.1) is 0 Å². The van der Waals surface area contributed by atoms with Crippen LogP contribution in [-0.2, 0) is 44.9 Å². The van der Waals surface area contributed by atoms with Gasteiger partial charge in [-0.3, -0.25) is 9.59 Å². The van der Waals surface area contributed by atoms with Gasteiger partial charge in [0.05, 0.1) is 48.9 Å². The number of aromatic nitrogens is 2. The number of aliphatic carboxylic acids is 2. The molecule has 0 atom stereocenters. The molecule has 4 aromatic carbocycles. The van der Waals surface area contributed by atoms with Gasteiger partial charge in [-0.1, -0.05) is 77.9 Å². The smallest absolute Gasteiger partial charge is 0.309 e. The van der Waals surface area contributed by atoms with Gasteiger partial charge in [0.25, 0.3) is 0 Å². The van der Waals surface area contributed by atoms with E-state index in [1.807, 2.05) is 130 Å². The molecule has 0 saturated carbocycles. The predicted octanol–water partition coefficient (Wildman–Crippen LogP) is 9.75. The molecule has 0 amide bonds. The minimum atomic E-state index is -0.941. The number of nitrogens with zero attached hydrogens (tertiary/aromatic N) is 4. The summed E-state index contributed by atoms with van der Waals surface area (Å²) in [5.74, 6) is 2.30. The van der Waals surface area contributed by atoms with Crippen molar-refractivity contribution in [3.05, 3.63) is 143 Å². The summed E-state index contributed by atoms with van der Waals surface area (Å²) >= 11 is 0. The van der Waals surface area contributed by atoms with Crippen LogP contribution in [0.4, 0.5) is 0 Å². The first-order valence-corrected chi connectivity index (χ1v) is 20.9. The van der Waals surface area contributed by atoms with Crippen molar-refractivity contribution >= 4 is 23.4 Å². The molecule has 0 radical (unpaired) electrons. The highest BCUT2D eigenvalue weighted by Crippen LogP contribution is 2.24. The van der Waals surface area contributed by atoms with Gasteiger partial charge in [0, 0.05) is 36.8 Å². The van der Waals surface area contributed by atoms with E-state index < -0.39 is 11.9 Å². The third-order valence-electron chi connectivity index (χ3n) is 9.18. The summed E-state index contributed by atoms with van der Waals surface area (Å²) in [6.45, 7) is 9.31. The first-order chi connectivity index (χ1) is 30.6. The predicted molar refractivity (Wildman–Crippen MR) is 239 cm³/mol. The highest BCUT2D eigenvalue weighted by molar-refractivity contribution is 5.99. The zero-order chi connectivity index (χ0) is 44.8. The van der Waals surface area contributed by atoms with Gasteiger partial charge in [0.1, 0.15) is 36.2 Å². The van der Waals surface area contributed by atoms with Gasteiger partial charge in [-0.2, -0.15) is 0 Å². The molecule has 2 heterocycles. The largest absolute Gasteiger partial charge is 0.493 e. The molecule has 0 unspecified atom stereocenters. The topological polar surface area (TPSA) is 188 Å². The molecular formula is C49H54N4O10. The zero-order valence-electron chi connectivity index (χ0n) is 36.1. The molecule has 6 aromatic rings. The molecule has 0 spiro atoms. The van der Waals surface area contributed by atoms with E-state index in [4.69, 9.17) is 38.2 Å². The van der Waals surface area contributed by atoms with Crippen molar-refractivity contribution in [2.45, 2.75) is 72.6 Å². The lowest BCUT2D eigenvalue weighted by molar-refractivity contribution is -0.136. The Hall–Kier alpha value is -7.22. The van der Waals surface area contributed by atoms with E-state index in [9.17, 15) is 9.59 Å². The Labute approximate surface area is 367 Å². The number of hydrogen-bond donors (Lipinski definition) is 2. The first-order valence-electron chi connectivity index (χ1n) is 20.9. The van der Waals surface area contributed by atoms with E-state index in [2.05, 4.69) is 20.3 Å². The fourth-order valence-electron chi connectivity index (χ4n) is 6.21. The average Bonchev–Trinajstić information content (AvgIpc) is 3.84. The van der Waals surface area contributed by atoms with E-state index in [1.54, 1.807) is 6.92 Å². The highest BCUT2D eigenvalue weighted by atomic mass is 16.6. The monoisotopic (exact) mass is 858 g/mol. The summed E-state index contributed by atoms with van der Waals surface area (Å²) in [5, 5.41) is 26.1. The molecule has 2 N–H and O–H groups in total. The molecule has 14 nitrogen and oxygen atoms in total. The maximum Gasteiger partial charge on any atom is 0.309 e. The molecule has 0 aliphatic heterocycles. The van der Waals surface area contributed by atoms with Crippen LogP contribution in [0.1, 0.15) is 67.1 Å². The Kier molecular flexibility index (Phi) is 18.5. The van der Waals surface area contributed by atoms with Gasteiger partial charge >= 0.3 is 11.9 Å². The number of carbonyl (C=O) groups is 2. The summed E-state index contributed by atoms with van der Waals surface area (Å²) in [5.41, 5.74) is 6.35. The summed E-state index contributed by atoms with van der Waals surface area (Å²) in [6, 6.07) is 34.7. The minimum absolute atomic E-state index is 0.163. The lowest BCUT2D eigenvalue weighted by atomic mass is 10.1. The Morgan fingerprint density at radius 1 is 0.587 bits per heavy atom. The summed E-state index contributed by atoms with van der Waals surface area (Å²) in [4.78, 5) is 41.6. The van der Waals surface area contributed by atoms with Crippen molar-refractivity contribution in [2.75, 3.05) is 26.4 Å². The number of carboxylic acids is 2. The molecule has 0 aliphatic rings. The molecule has 6 rings (SSSR count). The van der Waals surface area contributed by atoms with Gasteiger partial charge < -0.3 is 38.2 Å². The van der Waals surface area contributed by atoms with Crippen LogP contribution in [-0.4, -0.2) is 70.0 Å². The van der Waals surface area contributed by atoms with Crippen molar-refractivity contribution in [3.63, 3.8) is 0 Å². The van der Waals surface area contributed by atoms with Crippen LogP contribution in [0.3, 0.4) is 0 Å². The zero-order valence-corrected chi connectivity index (χ0v) is 36.1. The number of oxime groups is 2. The molecule has 63 heavy (non-hydrogen) atoms. The molecule has 330 valence electrons. The molecular weight excluding hydrogens is 805 g/mol. The Morgan fingerprint density at radius 3 is 1.44 bits per heavy atom. The molecule has 0 bridgehead atoms. The SMILES string of the molecule is CCCON=C(CC(=O)O)Cc1cccc(OCCc2nc(-c3ccccc3)oc2C)c1.CCON=C(CC(=O)O)Cc1cccc(OCCc2nc(-c3ccccc3)oc2C)c1. The Morgan fingerprint density at radius 2 is 1.03 bits per heavy atom. The number of hydrogen-bond acceptors (Lipinski definition) is 12. The Balaban J connectivity index is 0.000000238. The number of carboxylic acid groups (broad SMARTS) is 2. The lowest BCUT2D eigenvalue weighted by Crippen LogP contribution is -2.11. The maximum absolute atomic E-state index is 11.1. The van der Waals surface area contributed by atoms with Crippen LogP contribution in [0.5, 0.6) is 11.5 Å². The minimum Gasteiger partial charge on any atom is -0.493 e. The quantitative estimate of drug-likeness (QED) is 0.0353. The summed E-state index contributed by atoms with van der Waals surface area (Å²) < 4.78 is 23.4. The third kappa shape index (κ3) is 16.0. The maximum atomic E-state index is 11.1. The number of benzene rings is 4. The van der Waals surface area contributed by atoms with Crippen LogP contribution < -0.4 is 9.47 Å². The normalized spacial score (nSPS) is 11.4. The molecule has 0 fully saturated rings. The number of rotatable bonds is 23. The first kappa shape index (κ1) is 46.8.